The Hall–Kier alpha value is -2.74. The first-order valence-corrected chi connectivity index (χ1v) is 16.4. The topological polar surface area (TPSA) is 30.0 Å². The summed E-state index contributed by atoms with van der Waals surface area (Å²) in [6, 6.07) is 30.0. The van der Waals surface area contributed by atoms with Crippen molar-refractivity contribution in [2.24, 2.45) is 0 Å². The standard InChI is InChI=1S/C28H30NOPSi/c1-5-22-20-27(29-21-28(22)32(2,3)4)23-13-12-18-26(19-23)31(30,24-14-8-6-9-15-24)25-16-10-7-11-17-25/h6-21H,5H2,1-4H3. The quantitative estimate of drug-likeness (QED) is 0.284. The molecule has 0 N–H and O–H groups in total. The number of rotatable bonds is 6. The molecular formula is C28H30NOPSi. The second kappa shape index (κ2) is 9.01. The normalized spacial score (nSPS) is 12.0. The molecule has 3 aromatic carbocycles. The van der Waals surface area contributed by atoms with Gasteiger partial charge >= 0.3 is 0 Å². The van der Waals surface area contributed by atoms with Gasteiger partial charge in [-0.15, -0.1) is 0 Å². The summed E-state index contributed by atoms with van der Waals surface area (Å²) in [5.74, 6) is 0. The van der Waals surface area contributed by atoms with Gasteiger partial charge in [0, 0.05) is 27.7 Å². The molecule has 0 radical (unpaired) electrons. The molecule has 0 amide bonds. The van der Waals surface area contributed by atoms with Crippen LogP contribution in [0.4, 0.5) is 0 Å². The Bertz CT molecular complexity index is 1220. The van der Waals surface area contributed by atoms with Crippen LogP contribution in [0.5, 0.6) is 0 Å². The van der Waals surface area contributed by atoms with E-state index in [0.717, 1.165) is 33.6 Å². The van der Waals surface area contributed by atoms with E-state index >= 15 is 0 Å². The summed E-state index contributed by atoms with van der Waals surface area (Å²) in [5, 5.41) is 3.94. The summed E-state index contributed by atoms with van der Waals surface area (Å²) in [7, 11) is -4.46. The molecule has 0 aliphatic carbocycles. The summed E-state index contributed by atoms with van der Waals surface area (Å²) in [4.78, 5) is 4.84. The smallest absolute Gasteiger partial charge is 0.171 e. The molecule has 4 heteroatoms. The van der Waals surface area contributed by atoms with Gasteiger partial charge in [-0.3, -0.25) is 4.98 Å². The van der Waals surface area contributed by atoms with E-state index in [1.54, 1.807) is 0 Å². The van der Waals surface area contributed by atoms with Crippen molar-refractivity contribution in [3.8, 4) is 11.3 Å². The Morgan fingerprint density at radius 2 is 1.31 bits per heavy atom. The number of pyridine rings is 1. The van der Waals surface area contributed by atoms with Crippen LogP contribution in [-0.2, 0) is 11.0 Å². The predicted molar refractivity (Wildman–Crippen MR) is 141 cm³/mol. The lowest BCUT2D eigenvalue weighted by atomic mass is 10.1. The lowest BCUT2D eigenvalue weighted by Gasteiger charge is -2.22. The molecule has 0 atom stereocenters. The maximum Gasteiger partial charge on any atom is 0.171 e. The van der Waals surface area contributed by atoms with Gasteiger partial charge < -0.3 is 4.57 Å². The van der Waals surface area contributed by atoms with Gasteiger partial charge in [0.1, 0.15) is 0 Å². The van der Waals surface area contributed by atoms with E-state index in [-0.39, 0.29) is 0 Å². The maximum absolute atomic E-state index is 14.7. The molecule has 1 heterocycles. The average Bonchev–Trinajstić information content (AvgIpc) is 2.83. The Kier molecular flexibility index (Phi) is 6.32. The number of aromatic nitrogens is 1. The van der Waals surface area contributed by atoms with Crippen LogP contribution in [0, 0.1) is 0 Å². The van der Waals surface area contributed by atoms with Crippen molar-refractivity contribution in [1.82, 2.24) is 4.98 Å². The second-order valence-electron chi connectivity index (χ2n) is 9.16. The molecule has 4 aromatic rings. The minimum Gasteiger partial charge on any atom is -0.309 e. The van der Waals surface area contributed by atoms with Crippen LogP contribution in [0.2, 0.25) is 19.6 Å². The molecular weight excluding hydrogens is 425 g/mol. The minimum atomic E-state index is -3.00. The zero-order valence-corrected chi connectivity index (χ0v) is 21.1. The molecule has 32 heavy (non-hydrogen) atoms. The molecule has 0 saturated carbocycles. The molecule has 2 nitrogen and oxygen atoms in total. The fourth-order valence-corrected chi connectivity index (χ4v) is 8.57. The lowest BCUT2D eigenvalue weighted by Crippen LogP contribution is -2.40. The SMILES string of the molecule is CCc1cc(-c2cccc(P(=O)(c3ccccc3)c3ccccc3)c2)ncc1[Si](C)(C)C. The van der Waals surface area contributed by atoms with Crippen LogP contribution in [-0.4, -0.2) is 13.1 Å². The molecule has 1 aromatic heterocycles. The predicted octanol–water partition coefficient (Wildman–Crippen LogP) is 5.50. The van der Waals surface area contributed by atoms with Crippen molar-refractivity contribution < 1.29 is 4.57 Å². The minimum absolute atomic E-state index is 0.835. The van der Waals surface area contributed by atoms with Gasteiger partial charge in [0.15, 0.2) is 7.14 Å². The Morgan fingerprint density at radius 3 is 1.84 bits per heavy atom. The third kappa shape index (κ3) is 4.28. The fourth-order valence-electron chi connectivity index (χ4n) is 4.21. The monoisotopic (exact) mass is 455 g/mol. The van der Waals surface area contributed by atoms with Gasteiger partial charge in [0.05, 0.1) is 13.8 Å². The average molecular weight is 456 g/mol. The van der Waals surface area contributed by atoms with Gasteiger partial charge in [-0.25, -0.2) is 0 Å². The summed E-state index contributed by atoms with van der Waals surface area (Å²) >= 11 is 0. The Morgan fingerprint density at radius 1 is 0.750 bits per heavy atom. The van der Waals surface area contributed by atoms with Crippen LogP contribution >= 0.6 is 7.14 Å². The molecule has 0 saturated heterocycles. The van der Waals surface area contributed by atoms with Crippen molar-refractivity contribution in [2.75, 3.05) is 0 Å². The van der Waals surface area contributed by atoms with Crippen LogP contribution in [0.15, 0.2) is 97.2 Å². The summed E-state index contributed by atoms with van der Waals surface area (Å²) in [5.41, 5.74) is 3.32. The number of aryl methyl sites for hydroxylation is 1. The molecule has 0 unspecified atom stereocenters. The zero-order valence-electron chi connectivity index (χ0n) is 19.2. The first-order chi connectivity index (χ1) is 15.3. The summed E-state index contributed by atoms with van der Waals surface area (Å²) < 4.78 is 14.7. The number of hydrogen-bond donors (Lipinski definition) is 0. The Labute approximate surface area is 192 Å². The highest BCUT2D eigenvalue weighted by Gasteiger charge is 2.30. The Balaban J connectivity index is 1.87. The van der Waals surface area contributed by atoms with Gasteiger partial charge in [0.2, 0.25) is 0 Å². The third-order valence-electron chi connectivity index (χ3n) is 5.92. The number of hydrogen-bond acceptors (Lipinski definition) is 2. The summed E-state index contributed by atoms with van der Waals surface area (Å²) in [6.07, 6.45) is 3.06. The van der Waals surface area contributed by atoms with Crippen molar-refractivity contribution >= 4 is 36.3 Å². The van der Waals surface area contributed by atoms with Crippen LogP contribution in [0.3, 0.4) is 0 Å². The second-order valence-corrected chi connectivity index (χ2v) is 17.0. The first-order valence-electron chi connectivity index (χ1n) is 11.2. The molecule has 162 valence electrons. The van der Waals surface area contributed by atoms with Crippen LogP contribution in [0.25, 0.3) is 11.3 Å². The van der Waals surface area contributed by atoms with E-state index in [0.29, 0.717) is 0 Å². The fraction of sp³-hybridized carbons (Fsp3) is 0.179. The maximum atomic E-state index is 14.7. The highest BCUT2D eigenvalue weighted by atomic mass is 31.2. The highest BCUT2D eigenvalue weighted by Crippen LogP contribution is 2.42. The number of nitrogens with zero attached hydrogens (tertiary/aromatic N) is 1. The van der Waals surface area contributed by atoms with E-state index in [2.05, 4.69) is 51.0 Å². The summed E-state index contributed by atoms with van der Waals surface area (Å²) in [6.45, 7) is 9.29. The van der Waals surface area contributed by atoms with Crippen molar-refractivity contribution in [1.29, 1.82) is 0 Å². The molecule has 0 bridgehead atoms. The van der Waals surface area contributed by atoms with E-state index < -0.39 is 15.2 Å². The van der Waals surface area contributed by atoms with Crippen molar-refractivity contribution in [3.63, 3.8) is 0 Å². The van der Waals surface area contributed by atoms with Gasteiger partial charge in [0.25, 0.3) is 0 Å². The largest absolute Gasteiger partial charge is 0.309 e. The first kappa shape index (κ1) is 22.5. The van der Waals surface area contributed by atoms with E-state index in [4.69, 9.17) is 4.98 Å². The molecule has 0 aliphatic rings. The van der Waals surface area contributed by atoms with Gasteiger partial charge in [-0.1, -0.05) is 105 Å². The van der Waals surface area contributed by atoms with E-state index in [9.17, 15) is 4.57 Å². The number of benzene rings is 3. The molecule has 0 fully saturated rings. The molecule has 4 rings (SSSR count). The zero-order chi connectivity index (χ0) is 22.8. The van der Waals surface area contributed by atoms with Crippen molar-refractivity contribution in [3.05, 3.63) is 103 Å². The van der Waals surface area contributed by atoms with Crippen LogP contribution < -0.4 is 21.1 Å². The lowest BCUT2D eigenvalue weighted by molar-refractivity contribution is 0.592. The third-order valence-corrected chi connectivity index (χ3v) is 11.0. The molecule has 0 aliphatic heterocycles. The van der Waals surface area contributed by atoms with Gasteiger partial charge in [-0.05, 0) is 29.3 Å². The van der Waals surface area contributed by atoms with Crippen LogP contribution in [0.1, 0.15) is 12.5 Å². The van der Waals surface area contributed by atoms with E-state index in [1.165, 1.54) is 10.8 Å². The highest BCUT2D eigenvalue weighted by molar-refractivity contribution is 7.85. The van der Waals surface area contributed by atoms with E-state index in [1.807, 2.05) is 72.8 Å². The van der Waals surface area contributed by atoms with Crippen molar-refractivity contribution in [2.45, 2.75) is 33.0 Å². The molecule has 0 spiro atoms. The van der Waals surface area contributed by atoms with Gasteiger partial charge in [-0.2, -0.15) is 0 Å².